The molecule has 0 radical (unpaired) electrons. The van der Waals surface area contributed by atoms with Gasteiger partial charge in [0, 0.05) is 30.5 Å². The van der Waals surface area contributed by atoms with Crippen molar-refractivity contribution in [2.75, 3.05) is 23.7 Å². The van der Waals surface area contributed by atoms with Crippen LogP contribution in [0.25, 0.3) is 0 Å². The minimum Gasteiger partial charge on any atom is -0.376 e. The van der Waals surface area contributed by atoms with Crippen molar-refractivity contribution in [1.29, 1.82) is 0 Å². The number of pyridine rings is 1. The molecular weight excluding hydrogens is 228 g/mol. The fraction of sp³-hybridized carbons (Fsp3) is 0.538. The molecule has 1 rings (SSSR count). The first-order valence-corrected chi connectivity index (χ1v) is 6.35. The molecule has 0 atom stereocenters. The third-order valence-electron chi connectivity index (χ3n) is 2.22. The highest BCUT2D eigenvalue weighted by Gasteiger charge is 2.03. The molecule has 0 saturated carbocycles. The number of nitrogens with zero attached hydrogens (tertiary/aromatic N) is 1. The lowest BCUT2D eigenvalue weighted by molar-refractivity contribution is -0.119. The molecule has 1 aromatic rings. The molecule has 0 aromatic carbocycles. The number of carbonyl (C=O) groups is 1. The summed E-state index contributed by atoms with van der Waals surface area (Å²) in [5.41, 5.74) is 0.891. The third-order valence-corrected chi connectivity index (χ3v) is 2.22. The zero-order valence-corrected chi connectivity index (χ0v) is 11.3. The summed E-state index contributed by atoms with van der Waals surface area (Å²) in [4.78, 5) is 15.7. The number of amides is 1. The molecule has 0 aliphatic carbocycles. The van der Waals surface area contributed by atoms with Crippen molar-refractivity contribution >= 4 is 17.4 Å². The molecule has 3 N–H and O–H groups in total. The first-order chi connectivity index (χ1) is 8.61. The van der Waals surface area contributed by atoms with Crippen LogP contribution in [0.4, 0.5) is 11.5 Å². The normalized spacial score (nSPS) is 10.2. The summed E-state index contributed by atoms with van der Waals surface area (Å²) in [7, 11) is 0. The Morgan fingerprint density at radius 3 is 2.83 bits per heavy atom. The highest BCUT2D eigenvalue weighted by molar-refractivity contribution is 5.81. The molecule has 1 amide bonds. The van der Waals surface area contributed by atoms with E-state index < -0.39 is 0 Å². The van der Waals surface area contributed by atoms with Crippen LogP contribution < -0.4 is 16.0 Å². The standard InChI is InChI=1S/C13H22N4O/c1-4-6-14-12-8-11(5-7-15-12)16-9-13(18)17-10(2)3/h5,7-8,10H,4,6,9H2,1-3H3,(H,17,18)(H2,14,15,16). The topological polar surface area (TPSA) is 66.0 Å². The van der Waals surface area contributed by atoms with Crippen molar-refractivity contribution in [3.8, 4) is 0 Å². The van der Waals surface area contributed by atoms with Crippen molar-refractivity contribution < 1.29 is 4.79 Å². The smallest absolute Gasteiger partial charge is 0.239 e. The SMILES string of the molecule is CCCNc1cc(NCC(=O)NC(C)C)ccn1. The fourth-order valence-electron chi connectivity index (χ4n) is 1.45. The Bertz CT molecular complexity index is 379. The number of carbonyl (C=O) groups excluding carboxylic acids is 1. The van der Waals surface area contributed by atoms with Gasteiger partial charge in [0.15, 0.2) is 0 Å². The number of hydrogen-bond acceptors (Lipinski definition) is 4. The predicted molar refractivity (Wildman–Crippen MR) is 74.8 cm³/mol. The van der Waals surface area contributed by atoms with Gasteiger partial charge in [-0.15, -0.1) is 0 Å². The van der Waals surface area contributed by atoms with E-state index in [4.69, 9.17) is 0 Å². The van der Waals surface area contributed by atoms with Gasteiger partial charge in [-0.3, -0.25) is 4.79 Å². The molecule has 100 valence electrons. The van der Waals surface area contributed by atoms with E-state index in [1.54, 1.807) is 6.20 Å². The quantitative estimate of drug-likeness (QED) is 0.691. The number of hydrogen-bond donors (Lipinski definition) is 3. The predicted octanol–water partition coefficient (Wildman–Crippen LogP) is 1.84. The van der Waals surface area contributed by atoms with Gasteiger partial charge >= 0.3 is 0 Å². The van der Waals surface area contributed by atoms with Gasteiger partial charge in [-0.2, -0.15) is 0 Å². The molecule has 0 unspecified atom stereocenters. The minimum atomic E-state index is -0.00937. The largest absolute Gasteiger partial charge is 0.376 e. The Balaban J connectivity index is 2.44. The fourth-order valence-corrected chi connectivity index (χ4v) is 1.45. The van der Waals surface area contributed by atoms with E-state index >= 15 is 0 Å². The zero-order chi connectivity index (χ0) is 13.4. The second-order valence-corrected chi connectivity index (χ2v) is 4.43. The molecule has 1 aromatic heterocycles. The van der Waals surface area contributed by atoms with Crippen molar-refractivity contribution in [2.45, 2.75) is 33.2 Å². The summed E-state index contributed by atoms with van der Waals surface area (Å²) in [6.07, 6.45) is 2.77. The van der Waals surface area contributed by atoms with Crippen molar-refractivity contribution in [3.63, 3.8) is 0 Å². The van der Waals surface area contributed by atoms with Gasteiger partial charge < -0.3 is 16.0 Å². The monoisotopic (exact) mass is 250 g/mol. The highest BCUT2D eigenvalue weighted by Crippen LogP contribution is 2.11. The number of rotatable bonds is 7. The van der Waals surface area contributed by atoms with E-state index in [9.17, 15) is 4.79 Å². The highest BCUT2D eigenvalue weighted by atomic mass is 16.1. The number of anilines is 2. The van der Waals surface area contributed by atoms with E-state index in [1.807, 2.05) is 26.0 Å². The van der Waals surface area contributed by atoms with E-state index in [-0.39, 0.29) is 18.5 Å². The summed E-state index contributed by atoms with van der Waals surface area (Å²) in [5.74, 6) is 0.816. The van der Waals surface area contributed by atoms with Crippen LogP contribution in [-0.4, -0.2) is 30.0 Å². The van der Waals surface area contributed by atoms with Gasteiger partial charge in [0.1, 0.15) is 5.82 Å². The van der Waals surface area contributed by atoms with E-state index in [2.05, 4.69) is 27.9 Å². The van der Waals surface area contributed by atoms with Gasteiger partial charge in [-0.25, -0.2) is 4.98 Å². The van der Waals surface area contributed by atoms with Gasteiger partial charge in [0.25, 0.3) is 0 Å². The van der Waals surface area contributed by atoms with Gasteiger partial charge in [0.05, 0.1) is 6.54 Å². The average Bonchev–Trinajstić information content (AvgIpc) is 2.33. The molecular formula is C13H22N4O. The molecule has 1 heterocycles. The molecule has 5 nitrogen and oxygen atoms in total. The molecule has 0 aliphatic heterocycles. The Morgan fingerprint density at radius 2 is 2.17 bits per heavy atom. The maximum Gasteiger partial charge on any atom is 0.239 e. The second kappa shape index (κ2) is 7.53. The number of nitrogens with one attached hydrogen (secondary N) is 3. The van der Waals surface area contributed by atoms with Gasteiger partial charge in [0.2, 0.25) is 5.91 Å². The molecule has 18 heavy (non-hydrogen) atoms. The van der Waals surface area contributed by atoms with Crippen LogP contribution in [0.1, 0.15) is 27.2 Å². The lowest BCUT2D eigenvalue weighted by Gasteiger charge is -2.11. The minimum absolute atomic E-state index is 0.00937. The zero-order valence-electron chi connectivity index (χ0n) is 11.3. The third kappa shape index (κ3) is 5.52. The van der Waals surface area contributed by atoms with E-state index in [0.29, 0.717) is 0 Å². The molecule has 0 fully saturated rings. The van der Waals surface area contributed by atoms with Crippen LogP contribution in [-0.2, 0) is 4.79 Å². The first kappa shape index (κ1) is 14.3. The summed E-state index contributed by atoms with van der Waals surface area (Å²) in [6, 6.07) is 3.91. The van der Waals surface area contributed by atoms with Crippen LogP contribution in [0.3, 0.4) is 0 Å². The lowest BCUT2D eigenvalue weighted by Crippen LogP contribution is -2.34. The maximum atomic E-state index is 11.5. The van der Waals surface area contributed by atoms with Crippen LogP contribution >= 0.6 is 0 Å². The van der Waals surface area contributed by atoms with Crippen LogP contribution in [0.2, 0.25) is 0 Å². The van der Waals surface area contributed by atoms with E-state index in [0.717, 1.165) is 24.5 Å². The Morgan fingerprint density at radius 1 is 1.39 bits per heavy atom. The van der Waals surface area contributed by atoms with Crippen LogP contribution in [0.5, 0.6) is 0 Å². The Labute approximate surface area is 108 Å². The van der Waals surface area contributed by atoms with Crippen LogP contribution in [0.15, 0.2) is 18.3 Å². The van der Waals surface area contributed by atoms with E-state index in [1.165, 1.54) is 0 Å². The molecule has 0 bridgehead atoms. The molecule has 5 heteroatoms. The molecule has 0 saturated heterocycles. The maximum absolute atomic E-state index is 11.5. The first-order valence-electron chi connectivity index (χ1n) is 6.35. The van der Waals surface area contributed by atoms with Crippen LogP contribution in [0, 0.1) is 0 Å². The van der Waals surface area contributed by atoms with Crippen molar-refractivity contribution in [3.05, 3.63) is 18.3 Å². The Hall–Kier alpha value is -1.78. The summed E-state index contributed by atoms with van der Waals surface area (Å²) >= 11 is 0. The van der Waals surface area contributed by atoms with Gasteiger partial charge in [-0.1, -0.05) is 6.92 Å². The summed E-state index contributed by atoms with van der Waals surface area (Å²) in [6.45, 7) is 7.15. The summed E-state index contributed by atoms with van der Waals surface area (Å²) in [5, 5.41) is 9.11. The van der Waals surface area contributed by atoms with Crippen molar-refractivity contribution in [2.24, 2.45) is 0 Å². The van der Waals surface area contributed by atoms with Crippen molar-refractivity contribution in [1.82, 2.24) is 10.3 Å². The molecule has 0 aliphatic rings. The molecule has 0 spiro atoms. The Kier molecular flexibility index (Phi) is 5.97. The second-order valence-electron chi connectivity index (χ2n) is 4.43. The van der Waals surface area contributed by atoms with Gasteiger partial charge in [-0.05, 0) is 26.3 Å². The average molecular weight is 250 g/mol. The summed E-state index contributed by atoms with van der Waals surface area (Å²) < 4.78 is 0. The number of aromatic nitrogens is 1. The lowest BCUT2D eigenvalue weighted by atomic mass is 10.3.